The highest BCUT2D eigenvalue weighted by Gasteiger charge is 2.22. The Morgan fingerprint density at radius 1 is 1.19 bits per heavy atom. The molecule has 0 atom stereocenters. The van der Waals surface area contributed by atoms with Crippen LogP contribution in [0.25, 0.3) is 22.0 Å². The van der Waals surface area contributed by atoms with Gasteiger partial charge in [-0.2, -0.15) is 0 Å². The predicted octanol–water partition coefficient (Wildman–Crippen LogP) is 3.67. The number of rotatable bonds is 4. The number of fused-ring (bicyclic) bond motifs is 1. The van der Waals surface area contributed by atoms with Crippen molar-refractivity contribution in [2.24, 2.45) is 7.05 Å². The minimum atomic E-state index is -0.900. The van der Waals surface area contributed by atoms with Gasteiger partial charge in [-0.25, -0.2) is 13.6 Å². The molecule has 1 aromatic heterocycles. The van der Waals surface area contributed by atoms with Gasteiger partial charge in [0.1, 0.15) is 17.1 Å². The fraction of sp³-hybridized carbons (Fsp3) is 0.200. The Morgan fingerprint density at radius 3 is 2.44 bits per heavy atom. The summed E-state index contributed by atoms with van der Waals surface area (Å²) in [5, 5.41) is -0.227. The van der Waals surface area contributed by atoms with Crippen molar-refractivity contribution >= 4 is 16.9 Å². The molecule has 0 saturated carbocycles. The fourth-order valence-electron chi connectivity index (χ4n) is 2.97. The Kier molecular flexibility index (Phi) is 4.94. The van der Waals surface area contributed by atoms with Crippen LogP contribution in [0.15, 0.2) is 41.3 Å². The van der Waals surface area contributed by atoms with Crippen LogP contribution >= 0.6 is 0 Å². The second-order valence-electron chi connectivity index (χ2n) is 5.88. The molecule has 0 aliphatic heterocycles. The third kappa shape index (κ3) is 3.16. The minimum absolute atomic E-state index is 0.0825. The maximum Gasteiger partial charge on any atom is 0.343 e. The highest BCUT2D eigenvalue weighted by molar-refractivity contribution is 5.95. The largest absolute Gasteiger partial charge is 0.497 e. The summed E-state index contributed by atoms with van der Waals surface area (Å²) >= 11 is 0. The molecule has 0 fully saturated rings. The summed E-state index contributed by atoms with van der Waals surface area (Å²) in [5.74, 6) is -2.07. The number of esters is 1. The molecule has 0 saturated heterocycles. The number of halogens is 2. The fourth-order valence-corrected chi connectivity index (χ4v) is 2.97. The summed E-state index contributed by atoms with van der Waals surface area (Å²) in [4.78, 5) is 24.5. The maximum absolute atomic E-state index is 15.2. The number of ether oxygens (including phenoxy) is 2. The lowest BCUT2D eigenvalue weighted by molar-refractivity contribution is 0.0524. The van der Waals surface area contributed by atoms with Crippen molar-refractivity contribution in [2.45, 2.75) is 6.92 Å². The van der Waals surface area contributed by atoms with Crippen molar-refractivity contribution in [1.29, 1.82) is 0 Å². The van der Waals surface area contributed by atoms with E-state index in [1.54, 1.807) is 19.1 Å². The molecule has 0 aliphatic carbocycles. The van der Waals surface area contributed by atoms with E-state index in [1.165, 1.54) is 37.1 Å². The molecule has 7 heteroatoms. The van der Waals surface area contributed by atoms with Gasteiger partial charge in [-0.15, -0.1) is 0 Å². The van der Waals surface area contributed by atoms with E-state index in [2.05, 4.69) is 0 Å². The second kappa shape index (κ2) is 7.19. The zero-order valence-electron chi connectivity index (χ0n) is 15.0. The lowest BCUT2D eigenvalue weighted by Crippen LogP contribution is -2.21. The van der Waals surface area contributed by atoms with Crippen LogP contribution in [0.5, 0.6) is 5.75 Å². The Labute approximate surface area is 153 Å². The van der Waals surface area contributed by atoms with E-state index in [0.717, 1.165) is 6.07 Å². The molecule has 0 spiro atoms. The number of benzene rings is 2. The number of aromatic nitrogens is 1. The minimum Gasteiger partial charge on any atom is -0.497 e. The van der Waals surface area contributed by atoms with Crippen molar-refractivity contribution < 1.29 is 23.0 Å². The quantitative estimate of drug-likeness (QED) is 0.655. The highest BCUT2D eigenvalue weighted by atomic mass is 19.1. The van der Waals surface area contributed by atoms with Gasteiger partial charge >= 0.3 is 5.97 Å². The molecule has 0 N–H and O–H groups in total. The van der Waals surface area contributed by atoms with Crippen LogP contribution in [-0.2, 0) is 11.8 Å². The molecule has 2 aromatic carbocycles. The lowest BCUT2D eigenvalue weighted by atomic mass is 10.0. The van der Waals surface area contributed by atoms with Crippen molar-refractivity contribution in [3.63, 3.8) is 0 Å². The molecule has 3 rings (SSSR count). The van der Waals surface area contributed by atoms with E-state index in [4.69, 9.17) is 9.47 Å². The Bertz CT molecular complexity index is 1090. The van der Waals surface area contributed by atoms with Crippen molar-refractivity contribution in [1.82, 2.24) is 4.57 Å². The molecule has 3 aromatic rings. The Balaban J connectivity index is 2.28. The van der Waals surface area contributed by atoms with Gasteiger partial charge < -0.3 is 14.0 Å². The summed E-state index contributed by atoms with van der Waals surface area (Å²) < 4.78 is 41.0. The molecule has 27 heavy (non-hydrogen) atoms. The van der Waals surface area contributed by atoms with E-state index >= 15 is 4.39 Å². The normalized spacial score (nSPS) is 10.9. The Morgan fingerprint density at radius 2 is 1.85 bits per heavy atom. The third-order valence-electron chi connectivity index (χ3n) is 4.23. The van der Waals surface area contributed by atoms with E-state index in [-0.39, 0.29) is 28.6 Å². The molecular formula is C20H17F2NO4. The average molecular weight is 373 g/mol. The summed E-state index contributed by atoms with van der Waals surface area (Å²) in [6.45, 7) is 1.68. The molecule has 0 bridgehead atoms. The summed E-state index contributed by atoms with van der Waals surface area (Å²) in [6.07, 6.45) is 1.20. The van der Waals surface area contributed by atoms with E-state index in [0.29, 0.717) is 11.3 Å². The first-order valence-corrected chi connectivity index (χ1v) is 8.21. The molecule has 5 nitrogen and oxygen atoms in total. The molecule has 0 unspecified atom stereocenters. The van der Waals surface area contributed by atoms with Gasteiger partial charge in [0.2, 0.25) is 5.43 Å². The molecule has 140 valence electrons. The van der Waals surface area contributed by atoms with Crippen LogP contribution in [0, 0.1) is 11.6 Å². The molecular weight excluding hydrogens is 356 g/mol. The number of carbonyl (C=O) groups is 1. The van der Waals surface area contributed by atoms with Gasteiger partial charge in [-0.3, -0.25) is 4.79 Å². The van der Waals surface area contributed by atoms with Crippen molar-refractivity contribution in [3.8, 4) is 16.9 Å². The summed E-state index contributed by atoms with van der Waals surface area (Å²) in [7, 11) is 2.96. The Hall–Kier alpha value is -3.22. The first kappa shape index (κ1) is 18.6. The summed E-state index contributed by atoms with van der Waals surface area (Å²) in [5.41, 5.74) is -1.11. The summed E-state index contributed by atoms with van der Waals surface area (Å²) in [6, 6.07) is 7.17. The number of carbonyl (C=O) groups excluding carboxylic acids is 1. The molecule has 0 amide bonds. The van der Waals surface area contributed by atoms with Crippen LogP contribution < -0.4 is 10.2 Å². The van der Waals surface area contributed by atoms with Gasteiger partial charge in [0.25, 0.3) is 0 Å². The average Bonchev–Trinajstić information content (AvgIpc) is 2.65. The first-order valence-electron chi connectivity index (χ1n) is 8.21. The molecule has 0 aliphatic rings. The van der Waals surface area contributed by atoms with Gasteiger partial charge in [0.15, 0.2) is 5.82 Å². The maximum atomic E-state index is 15.2. The lowest BCUT2D eigenvalue weighted by Gasteiger charge is -2.13. The van der Waals surface area contributed by atoms with Gasteiger partial charge in [0.05, 0.1) is 30.2 Å². The van der Waals surface area contributed by atoms with Crippen molar-refractivity contribution in [2.75, 3.05) is 13.7 Å². The van der Waals surface area contributed by atoms with E-state index in [1.807, 2.05) is 0 Å². The zero-order valence-corrected chi connectivity index (χ0v) is 15.0. The number of nitrogens with zero attached hydrogens (tertiary/aromatic N) is 1. The standard InChI is InChI=1S/C20H17F2NO4/c1-4-27-20(25)14-10-23(2)18-13(19(14)24)9-15(21)16(17(18)22)11-5-7-12(26-3)8-6-11/h5-10H,4H2,1-3H3. The number of hydrogen-bond acceptors (Lipinski definition) is 4. The van der Waals surface area contributed by atoms with Gasteiger partial charge in [-0.05, 0) is 30.7 Å². The SMILES string of the molecule is CCOC(=O)c1cn(C)c2c(F)c(-c3ccc(OC)cc3)c(F)cc2c1=O. The van der Waals surface area contributed by atoms with Gasteiger partial charge in [-0.1, -0.05) is 12.1 Å². The van der Waals surface area contributed by atoms with Crippen LogP contribution in [0.1, 0.15) is 17.3 Å². The second-order valence-corrected chi connectivity index (χ2v) is 5.88. The zero-order chi connectivity index (χ0) is 19.7. The highest BCUT2D eigenvalue weighted by Crippen LogP contribution is 2.32. The van der Waals surface area contributed by atoms with E-state index in [9.17, 15) is 14.0 Å². The predicted molar refractivity (Wildman–Crippen MR) is 97.0 cm³/mol. The monoisotopic (exact) mass is 373 g/mol. The van der Waals surface area contributed by atoms with Crippen molar-refractivity contribution in [3.05, 3.63) is 63.9 Å². The van der Waals surface area contributed by atoms with Crippen LogP contribution in [0.2, 0.25) is 0 Å². The number of hydrogen-bond donors (Lipinski definition) is 0. The number of pyridine rings is 1. The topological polar surface area (TPSA) is 57.5 Å². The molecule has 0 radical (unpaired) electrons. The third-order valence-corrected chi connectivity index (χ3v) is 4.23. The molecule has 1 heterocycles. The smallest absolute Gasteiger partial charge is 0.343 e. The van der Waals surface area contributed by atoms with Crippen LogP contribution in [0.4, 0.5) is 8.78 Å². The number of aryl methyl sites for hydroxylation is 1. The number of methoxy groups -OCH3 is 1. The first-order chi connectivity index (χ1) is 12.9. The van der Waals surface area contributed by atoms with Crippen LogP contribution in [-0.4, -0.2) is 24.3 Å². The van der Waals surface area contributed by atoms with Crippen LogP contribution in [0.3, 0.4) is 0 Å². The van der Waals surface area contributed by atoms with Gasteiger partial charge in [0, 0.05) is 13.2 Å². The van der Waals surface area contributed by atoms with E-state index < -0.39 is 23.0 Å².